The summed E-state index contributed by atoms with van der Waals surface area (Å²) in [7, 11) is 0. The Kier molecular flexibility index (Phi) is 2.79. The van der Waals surface area contributed by atoms with Crippen LogP contribution < -0.4 is 9.47 Å². The second kappa shape index (κ2) is 4.45. The number of aromatic amines is 1. The summed E-state index contributed by atoms with van der Waals surface area (Å²) in [4.78, 5) is 17.7. The van der Waals surface area contributed by atoms with Crippen LogP contribution in [0.4, 0.5) is 0 Å². The Bertz CT molecular complexity index is 609. The Hall–Kier alpha value is -1.82. The fourth-order valence-corrected chi connectivity index (χ4v) is 2.33. The van der Waals surface area contributed by atoms with E-state index in [-0.39, 0.29) is 5.82 Å². The first-order valence-electron chi connectivity index (χ1n) is 5.38. The maximum absolute atomic E-state index is 10.7. The molecule has 1 aromatic carbocycles. The third kappa shape index (κ3) is 1.88. The Morgan fingerprint density at radius 1 is 1.28 bits per heavy atom. The number of aromatic nitrogens is 2. The standard InChI is InChI=1S/C12H9BrN2O3/c13-12-11(14-10(6-16)15-12)7-1-2-8-9(5-7)18-4-3-17-8/h1-2,5-6H,3-4H2,(H,14,15). The molecule has 18 heavy (non-hydrogen) atoms. The third-order valence-electron chi connectivity index (χ3n) is 2.61. The van der Waals surface area contributed by atoms with Crippen molar-refractivity contribution in [1.82, 2.24) is 9.97 Å². The maximum atomic E-state index is 10.7. The molecule has 92 valence electrons. The Morgan fingerprint density at radius 3 is 2.78 bits per heavy atom. The van der Waals surface area contributed by atoms with Gasteiger partial charge in [-0.1, -0.05) is 0 Å². The zero-order valence-corrected chi connectivity index (χ0v) is 10.9. The number of aldehydes is 1. The molecule has 1 aromatic heterocycles. The summed E-state index contributed by atoms with van der Waals surface area (Å²) in [6, 6.07) is 5.57. The molecule has 0 bridgehead atoms. The molecule has 0 spiro atoms. The third-order valence-corrected chi connectivity index (χ3v) is 3.18. The largest absolute Gasteiger partial charge is 0.486 e. The van der Waals surface area contributed by atoms with Crippen LogP contribution in [0.3, 0.4) is 0 Å². The highest BCUT2D eigenvalue weighted by atomic mass is 79.9. The average molecular weight is 309 g/mol. The smallest absolute Gasteiger partial charge is 0.185 e. The van der Waals surface area contributed by atoms with Crippen LogP contribution in [-0.2, 0) is 0 Å². The number of rotatable bonds is 2. The minimum atomic E-state index is 0.284. The number of halogens is 1. The van der Waals surface area contributed by atoms with E-state index in [0.717, 1.165) is 11.3 Å². The number of fused-ring (bicyclic) bond motifs is 1. The van der Waals surface area contributed by atoms with Gasteiger partial charge in [-0.3, -0.25) is 4.79 Å². The van der Waals surface area contributed by atoms with E-state index in [4.69, 9.17) is 9.47 Å². The normalized spacial score (nSPS) is 13.4. The molecule has 5 nitrogen and oxygen atoms in total. The van der Waals surface area contributed by atoms with Crippen molar-refractivity contribution >= 4 is 22.2 Å². The number of benzene rings is 1. The summed E-state index contributed by atoms with van der Waals surface area (Å²) in [6.45, 7) is 1.10. The van der Waals surface area contributed by atoms with Gasteiger partial charge < -0.3 is 14.5 Å². The summed E-state index contributed by atoms with van der Waals surface area (Å²) in [5.41, 5.74) is 1.53. The zero-order chi connectivity index (χ0) is 12.5. The van der Waals surface area contributed by atoms with E-state index < -0.39 is 0 Å². The number of ether oxygens (including phenoxy) is 2. The van der Waals surface area contributed by atoms with Crippen LogP contribution in [0.25, 0.3) is 11.3 Å². The molecule has 0 atom stereocenters. The van der Waals surface area contributed by atoms with Crippen molar-refractivity contribution in [3.8, 4) is 22.8 Å². The zero-order valence-electron chi connectivity index (χ0n) is 9.27. The second-order valence-electron chi connectivity index (χ2n) is 3.76. The molecule has 0 fully saturated rings. The van der Waals surface area contributed by atoms with Crippen molar-refractivity contribution in [3.63, 3.8) is 0 Å². The Morgan fingerprint density at radius 2 is 2.06 bits per heavy atom. The first kappa shape index (κ1) is 11.3. The lowest BCUT2D eigenvalue weighted by Gasteiger charge is -2.18. The Labute approximate surface area is 111 Å². The van der Waals surface area contributed by atoms with E-state index in [1.807, 2.05) is 18.2 Å². The summed E-state index contributed by atoms with van der Waals surface area (Å²) < 4.78 is 11.6. The lowest BCUT2D eigenvalue weighted by atomic mass is 10.1. The van der Waals surface area contributed by atoms with E-state index in [9.17, 15) is 4.79 Å². The van der Waals surface area contributed by atoms with Crippen molar-refractivity contribution in [2.24, 2.45) is 0 Å². The number of imidazole rings is 1. The molecule has 0 aliphatic carbocycles. The molecular formula is C12H9BrN2O3. The number of nitrogens with zero attached hydrogens (tertiary/aromatic N) is 1. The monoisotopic (exact) mass is 308 g/mol. The molecular weight excluding hydrogens is 300 g/mol. The molecule has 0 amide bonds. The molecule has 3 rings (SSSR count). The van der Waals surface area contributed by atoms with Crippen LogP contribution >= 0.6 is 15.9 Å². The lowest BCUT2D eigenvalue weighted by molar-refractivity contribution is 0.111. The van der Waals surface area contributed by atoms with Gasteiger partial charge in [0.05, 0.1) is 0 Å². The quantitative estimate of drug-likeness (QED) is 0.865. The van der Waals surface area contributed by atoms with E-state index in [2.05, 4.69) is 25.9 Å². The van der Waals surface area contributed by atoms with E-state index in [1.54, 1.807) is 0 Å². The van der Waals surface area contributed by atoms with Gasteiger partial charge in [-0.25, -0.2) is 4.98 Å². The molecule has 1 aliphatic heterocycles. The van der Waals surface area contributed by atoms with Crippen molar-refractivity contribution in [2.75, 3.05) is 13.2 Å². The van der Waals surface area contributed by atoms with E-state index in [1.165, 1.54) is 0 Å². The number of hydrogen-bond donors (Lipinski definition) is 1. The van der Waals surface area contributed by atoms with E-state index >= 15 is 0 Å². The van der Waals surface area contributed by atoms with Gasteiger partial charge in [0, 0.05) is 5.56 Å². The second-order valence-corrected chi connectivity index (χ2v) is 4.55. The SMILES string of the molecule is O=Cc1nc(-c2ccc3c(c2)OCCO3)c(Br)[nH]1. The Balaban J connectivity index is 2.05. The molecule has 1 N–H and O–H groups in total. The highest BCUT2D eigenvalue weighted by Crippen LogP contribution is 2.35. The fraction of sp³-hybridized carbons (Fsp3) is 0.167. The molecule has 2 aromatic rings. The molecule has 0 unspecified atom stereocenters. The van der Waals surface area contributed by atoms with Gasteiger partial charge >= 0.3 is 0 Å². The van der Waals surface area contributed by atoms with Crippen LogP contribution in [0.5, 0.6) is 11.5 Å². The predicted molar refractivity (Wildman–Crippen MR) is 68.1 cm³/mol. The summed E-state index contributed by atoms with van der Waals surface area (Å²) in [5.74, 6) is 1.71. The fourth-order valence-electron chi connectivity index (χ4n) is 1.81. The van der Waals surface area contributed by atoms with Crippen LogP contribution in [-0.4, -0.2) is 29.5 Å². The van der Waals surface area contributed by atoms with Crippen molar-refractivity contribution in [1.29, 1.82) is 0 Å². The molecule has 0 saturated heterocycles. The summed E-state index contributed by atoms with van der Waals surface area (Å²) in [5, 5.41) is 0. The molecule has 2 heterocycles. The van der Waals surface area contributed by atoms with Crippen LogP contribution in [0.1, 0.15) is 10.6 Å². The van der Waals surface area contributed by atoms with Crippen molar-refractivity contribution < 1.29 is 14.3 Å². The topological polar surface area (TPSA) is 64.2 Å². The first-order chi connectivity index (χ1) is 8.78. The maximum Gasteiger partial charge on any atom is 0.185 e. The minimum absolute atomic E-state index is 0.284. The number of nitrogens with one attached hydrogen (secondary N) is 1. The molecule has 6 heteroatoms. The number of carbonyl (C=O) groups excluding carboxylic acids is 1. The van der Waals surface area contributed by atoms with Gasteiger partial charge in [0.2, 0.25) is 0 Å². The van der Waals surface area contributed by atoms with Gasteiger partial charge in [0.15, 0.2) is 23.6 Å². The lowest BCUT2D eigenvalue weighted by Crippen LogP contribution is -2.15. The van der Waals surface area contributed by atoms with Crippen LogP contribution in [0, 0.1) is 0 Å². The first-order valence-corrected chi connectivity index (χ1v) is 6.18. The van der Waals surface area contributed by atoms with E-state index in [0.29, 0.717) is 35.5 Å². The molecule has 0 radical (unpaired) electrons. The van der Waals surface area contributed by atoms with Gasteiger partial charge in [-0.2, -0.15) is 0 Å². The predicted octanol–water partition coefficient (Wildman–Crippen LogP) is 2.42. The van der Waals surface area contributed by atoms with Gasteiger partial charge in [-0.15, -0.1) is 0 Å². The summed E-state index contributed by atoms with van der Waals surface area (Å²) >= 11 is 3.34. The number of H-pyrrole nitrogens is 1. The molecule has 1 aliphatic rings. The molecule has 0 saturated carbocycles. The highest BCUT2D eigenvalue weighted by molar-refractivity contribution is 9.10. The van der Waals surface area contributed by atoms with Gasteiger partial charge in [0.25, 0.3) is 0 Å². The van der Waals surface area contributed by atoms with Crippen molar-refractivity contribution in [3.05, 3.63) is 28.6 Å². The summed E-state index contributed by atoms with van der Waals surface area (Å²) in [6.07, 6.45) is 0.673. The highest BCUT2D eigenvalue weighted by Gasteiger charge is 2.15. The average Bonchev–Trinajstić information content (AvgIpc) is 2.79. The van der Waals surface area contributed by atoms with Crippen LogP contribution in [0.15, 0.2) is 22.8 Å². The minimum Gasteiger partial charge on any atom is -0.486 e. The number of carbonyl (C=O) groups is 1. The van der Waals surface area contributed by atoms with Crippen molar-refractivity contribution in [2.45, 2.75) is 0 Å². The number of hydrogen-bond acceptors (Lipinski definition) is 4. The van der Waals surface area contributed by atoms with Gasteiger partial charge in [-0.05, 0) is 34.1 Å². The van der Waals surface area contributed by atoms with Gasteiger partial charge in [0.1, 0.15) is 23.5 Å². The van der Waals surface area contributed by atoms with Crippen LogP contribution in [0.2, 0.25) is 0 Å².